The minimum absolute atomic E-state index is 0.197. The van der Waals surface area contributed by atoms with E-state index < -0.39 is 15.6 Å². The first-order chi connectivity index (χ1) is 8.89. The lowest BCUT2D eigenvalue weighted by Gasteiger charge is -2.36. The Labute approximate surface area is 127 Å². The minimum Gasteiger partial charge on any atom is -0.362 e. The maximum atomic E-state index is 11.3. The molecule has 0 amide bonds. The summed E-state index contributed by atoms with van der Waals surface area (Å²) in [6, 6.07) is 0.411. The van der Waals surface area contributed by atoms with Crippen molar-refractivity contribution in [2.24, 2.45) is 10.4 Å². The zero-order valence-corrected chi connectivity index (χ0v) is 14.9. The second-order valence-corrected chi connectivity index (χ2v) is 9.91. The molecule has 1 aliphatic rings. The molecular weight excluding hydrogens is 294 g/mol. The van der Waals surface area contributed by atoms with E-state index in [9.17, 15) is 8.42 Å². The summed E-state index contributed by atoms with van der Waals surface area (Å²) < 4.78 is 25.2. The molecule has 0 aromatic rings. The summed E-state index contributed by atoms with van der Waals surface area (Å²) in [6.45, 7) is 10.8. The second kappa shape index (κ2) is 6.23. The number of rotatable bonds is 4. The lowest BCUT2D eigenvalue weighted by Crippen LogP contribution is -2.48. The Balaban J connectivity index is 2.66. The van der Waals surface area contributed by atoms with Gasteiger partial charge in [-0.2, -0.15) is 0 Å². The van der Waals surface area contributed by atoms with Crippen molar-refractivity contribution in [3.63, 3.8) is 0 Å². The van der Waals surface area contributed by atoms with Crippen molar-refractivity contribution >= 4 is 27.0 Å². The van der Waals surface area contributed by atoms with Crippen molar-refractivity contribution in [3.8, 4) is 0 Å². The minimum atomic E-state index is -3.22. The van der Waals surface area contributed by atoms with E-state index in [0.29, 0.717) is 12.6 Å². The van der Waals surface area contributed by atoms with E-state index in [1.54, 1.807) is 11.8 Å². The first kappa shape index (κ1) is 17.8. The van der Waals surface area contributed by atoms with Crippen molar-refractivity contribution in [2.75, 3.05) is 18.6 Å². The van der Waals surface area contributed by atoms with Gasteiger partial charge in [0.15, 0.2) is 5.17 Å². The average molecular weight is 322 g/mol. The second-order valence-electron chi connectivity index (χ2n) is 7.08. The van der Waals surface area contributed by atoms with Gasteiger partial charge in [0.05, 0.1) is 12.8 Å². The number of nitrogens with zero attached hydrogens (tertiary/aromatic N) is 1. The number of hydrogen-bond donors (Lipinski definition) is 2. The Hall–Kier alpha value is -0.270. The van der Waals surface area contributed by atoms with E-state index in [2.05, 4.69) is 35.8 Å². The van der Waals surface area contributed by atoms with Crippen LogP contribution in [0.25, 0.3) is 0 Å². The fraction of sp³-hybridized carbons (Fsp3) is 0.923. The molecule has 0 bridgehead atoms. The van der Waals surface area contributed by atoms with E-state index in [1.165, 1.54) is 6.26 Å². The summed E-state index contributed by atoms with van der Waals surface area (Å²) in [6.07, 6.45) is 2.29. The van der Waals surface area contributed by atoms with Gasteiger partial charge in [0, 0.05) is 17.3 Å². The quantitative estimate of drug-likeness (QED) is 0.828. The normalized spacial score (nSPS) is 23.7. The van der Waals surface area contributed by atoms with Crippen LogP contribution in [0.5, 0.6) is 0 Å². The van der Waals surface area contributed by atoms with Gasteiger partial charge in [-0.3, -0.25) is 4.99 Å². The Morgan fingerprint density at radius 1 is 1.35 bits per heavy atom. The predicted molar refractivity (Wildman–Crippen MR) is 87.8 cm³/mol. The van der Waals surface area contributed by atoms with Crippen molar-refractivity contribution in [1.29, 1.82) is 0 Å². The third-order valence-electron chi connectivity index (χ3n) is 3.07. The van der Waals surface area contributed by atoms with Crippen molar-refractivity contribution < 1.29 is 8.42 Å². The van der Waals surface area contributed by atoms with Crippen LogP contribution in [0.15, 0.2) is 4.99 Å². The molecule has 1 unspecified atom stereocenters. The Bertz CT molecular complexity index is 464. The molecule has 7 heteroatoms. The maximum absolute atomic E-state index is 11.3. The van der Waals surface area contributed by atoms with E-state index in [-0.39, 0.29) is 5.41 Å². The van der Waals surface area contributed by atoms with Gasteiger partial charge in [0.1, 0.15) is 0 Å². The highest BCUT2D eigenvalue weighted by molar-refractivity contribution is 8.13. The molecule has 5 nitrogen and oxygen atoms in total. The summed E-state index contributed by atoms with van der Waals surface area (Å²) >= 11 is 1.70. The van der Waals surface area contributed by atoms with Crippen molar-refractivity contribution in [1.82, 2.24) is 10.0 Å². The van der Waals surface area contributed by atoms with Crippen LogP contribution in [0.2, 0.25) is 0 Å². The van der Waals surface area contributed by atoms with E-state index in [1.807, 2.05) is 13.8 Å². The summed E-state index contributed by atoms with van der Waals surface area (Å²) in [7, 11) is -3.22. The molecule has 1 saturated heterocycles. The summed E-state index contributed by atoms with van der Waals surface area (Å²) in [5.41, 5.74) is -0.375. The molecule has 0 aromatic carbocycles. The van der Waals surface area contributed by atoms with Crippen molar-refractivity contribution in [3.05, 3.63) is 0 Å². The van der Waals surface area contributed by atoms with Gasteiger partial charge in [-0.05, 0) is 25.7 Å². The molecule has 0 aromatic heterocycles. The number of amidine groups is 1. The average Bonchev–Trinajstić information content (AvgIpc) is 2.22. The molecule has 1 rings (SSSR count). The molecule has 1 fully saturated rings. The standard InChI is InChI=1S/C13H27N3O2S2/c1-12(2,3)10-7-8-19-11(15-10)14-9-13(4,5)16-20(6,17)18/h10,16H,7-9H2,1-6H3,(H,14,15). The lowest BCUT2D eigenvalue weighted by molar-refractivity contribution is 0.290. The maximum Gasteiger partial charge on any atom is 0.209 e. The van der Waals surface area contributed by atoms with Crippen LogP contribution in [0.3, 0.4) is 0 Å². The molecule has 1 heterocycles. The monoisotopic (exact) mass is 321 g/mol. The van der Waals surface area contributed by atoms with E-state index in [4.69, 9.17) is 0 Å². The van der Waals surface area contributed by atoms with Gasteiger partial charge >= 0.3 is 0 Å². The van der Waals surface area contributed by atoms with Gasteiger partial charge < -0.3 is 5.32 Å². The van der Waals surface area contributed by atoms with Crippen LogP contribution in [0.1, 0.15) is 41.0 Å². The molecule has 0 spiro atoms. The summed E-state index contributed by atoms with van der Waals surface area (Å²) in [5, 5.41) is 4.38. The summed E-state index contributed by atoms with van der Waals surface area (Å²) in [4.78, 5) is 4.54. The number of thioether (sulfide) groups is 1. The SMILES string of the molecule is CC(C)(CN=C1NC(C(C)(C)C)CCS1)NS(C)(=O)=O. The number of aliphatic imine (C=N–C) groups is 1. The van der Waals surface area contributed by atoms with Crippen LogP contribution in [-0.4, -0.2) is 43.7 Å². The van der Waals surface area contributed by atoms with Crippen LogP contribution in [0.4, 0.5) is 0 Å². The first-order valence-electron chi connectivity index (χ1n) is 6.82. The van der Waals surface area contributed by atoms with Crippen LogP contribution >= 0.6 is 11.8 Å². The molecule has 2 N–H and O–H groups in total. The van der Waals surface area contributed by atoms with Gasteiger partial charge in [0.25, 0.3) is 0 Å². The zero-order chi connectivity index (χ0) is 15.6. The molecule has 0 aliphatic carbocycles. The predicted octanol–water partition coefficient (Wildman–Crippen LogP) is 1.81. The van der Waals surface area contributed by atoms with Gasteiger partial charge in [0.2, 0.25) is 10.0 Å². The van der Waals surface area contributed by atoms with Crippen LogP contribution in [0, 0.1) is 5.41 Å². The van der Waals surface area contributed by atoms with Crippen LogP contribution < -0.4 is 10.0 Å². The lowest BCUT2D eigenvalue weighted by atomic mass is 9.85. The van der Waals surface area contributed by atoms with Gasteiger partial charge in [-0.25, -0.2) is 13.1 Å². The third-order valence-corrected chi connectivity index (χ3v) is 4.95. The molecule has 0 radical (unpaired) electrons. The topological polar surface area (TPSA) is 70.6 Å². The van der Waals surface area contributed by atoms with Gasteiger partial charge in [-0.1, -0.05) is 32.5 Å². The molecular formula is C13H27N3O2S2. The highest BCUT2D eigenvalue weighted by atomic mass is 32.2. The fourth-order valence-corrected chi connectivity index (χ4v) is 4.08. The highest BCUT2D eigenvalue weighted by Gasteiger charge is 2.29. The molecule has 20 heavy (non-hydrogen) atoms. The smallest absolute Gasteiger partial charge is 0.209 e. The zero-order valence-electron chi connectivity index (χ0n) is 13.3. The summed E-state index contributed by atoms with van der Waals surface area (Å²) in [5.74, 6) is 1.05. The van der Waals surface area contributed by atoms with Crippen LogP contribution in [-0.2, 0) is 10.0 Å². The number of nitrogens with one attached hydrogen (secondary N) is 2. The Morgan fingerprint density at radius 3 is 2.45 bits per heavy atom. The molecule has 0 saturated carbocycles. The fourth-order valence-electron chi connectivity index (χ4n) is 2.08. The molecule has 1 atom stereocenters. The van der Waals surface area contributed by atoms with Crippen molar-refractivity contribution in [2.45, 2.75) is 52.6 Å². The highest BCUT2D eigenvalue weighted by Crippen LogP contribution is 2.27. The molecule has 1 aliphatic heterocycles. The van der Waals surface area contributed by atoms with E-state index >= 15 is 0 Å². The Kier molecular flexibility index (Phi) is 5.54. The third kappa shape index (κ3) is 6.45. The largest absolute Gasteiger partial charge is 0.362 e. The Morgan fingerprint density at radius 2 is 1.95 bits per heavy atom. The van der Waals surface area contributed by atoms with E-state index in [0.717, 1.165) is 17.3 Å². The number of hydrogen-bond acceptors (Lipinski definition) is 4. The number of sulfonamides is 1. The first-order valence-corrected chi connectivity index (χ1v) is 9.69. The van der Waals surface area contributed by atoms with Gasteiger partial charge in [-0.15, -0.1) is 0 Å². The molecule has 118 valence electrons.